The van der Waals surface area contributed by atoms with E-state index in [-0.39, 0.29) is 24.1 Å². The molecule has 5 nitrogen and oxygen atoms in total. The number of carbonyl (C=O) groups is 1. The van der Waals surface area contributed by atoms with Gasteiger partial charge in [-0.25, -0.2) is 4.79 Å². The minimum absolute atomic E-state index is 0.0987. The van der Waals surface area contributed by atoms with Crippen LogP contribution in [0.5, 0.6) is 0 Å². The van der Waals surface area contributed by atoms with Gasteiger partial charge in [0.05, 0.1) is 18.2 Å². The van der Waals surface area contributed by atoms with Crippen molar-refractivity contribution in [2.45, 2.75) is 19.9 Å². The second kappa shape index (κ2) is 6.15. The first-order chi connectivity index (χ1) is 9.86. The lowest BCUT2D eigenvalue weighted by Crippen LogP contribution is -2.25. The molecular weight excluding hydrogens is 385 g/mol. The number of hydrogen-bond donors (Lipinski definition) is 2. The lowest BCUT2D eigenvalue weighted by molar-refractivity contribution is 0.0694. The maximum Gasteiger partial charge on any atom is 0.341 e. The molecule has 0 saturated heterocycles. The van der Waals surface area contributed by atoms with E-state index in [0.717, 1.165) is 3.57 Å². The SMILES string of the molecule is CC(C)C(CO)n1cc(C(=O)O)c(=O)c2cc(I)ccc21. The molecule has 0 aliphatic heterocycles. The van der Waals surface area contributed by atoms with Crippen molar-refractivity contribution < 1.29 is 15.0 Å². The van der Waals surface area contributed by atoms with Crippen LogP contribution in [0.15, 0.2) is 29.2 Å². The van der Waals surface area contributed by atoms with Crippen LogP contribution < -0.4 is 5.43 Å². The topological polar surface area (TPSA) is 79.5 Å². The van der Waals surface area contributed by atoms with Crippen molar-refractivity contribution in [3.63, 3.8) is 0 Å². The Kier molecular flexibility index (Phi) is 4.67. The van der Waals surface area contributed by atoms with E-state index < -0.39 is 11.4 Å². The van der Waals surface area contributed by atoms with Crippen LogP contribution in [0.25, 0.3) is 10.9 Å². The molecule has 112 valence electrons. The fourth-order valence-electron chi connectivity index (χ4n) is 2.37. The maximum atomic E-state index is 12.3. The fraction of sp³-hybridized carbons (Fsp3) is 0.333. The highest BCUT2D eigenvalue weighted by atomic mass is 127. The zero-order valence-corrected chi connectivity index (χ0v) is 13.9. The van der Waals surface area contributed by atoms with Crippen LogP contribution >= 0.6 is 22.6 Å². The molecule has 2 N–H and O–H groups in total. The molecule has 0 radical (unpaired) electrons. The lowest BCUT2D eigenvalue weighted by atomic mass is 10.0. The zero-order chi connectivity index (χ0) is 15.7. The summed E-state index contributed by atoms with van der Waals surface area (Å²) >= 11 is 2.08. The number of hydrogen-bond acceptors (Lipinski definition) is 3. The Balaban J connectivity index is 2.90. The van der Waals surface area contributed by atoms with Crippen molar-refractivity contribution in [3.05, 3.63) is 43.8 Å². The standard InChI is InChI=1S/C15H16INO4/c1-8(2)13(7-18)17-6-11(15(20)21)14(19)10-5-9(16)3-4-12(10)17/h3-6,8,13,18H,7H2,1-2H3,(H,20,21). The molecule has 1 unspecified atom stereocenters. The van der Waals surface area contributed by atoms with Gasteiger partial charge in [0.2, 0.25) is 5.43 Å². The van der Waals surface area contributed by atoms with Crippen LogP contribution in [-0.2, 0) is 0 Å². The second-order valence-electron chi connectivity index (χ2n) is 5.24. The largest absolute Gasteiger partial charge is 0.477 e. The van der Waals surface area contributed by atoms with E-state index in [1.807, 2.05) is 19.9 Å². The summed E-state index contributed by atoms with van der Waals surface area (Å²) in [7, 11) is 0. The fourth-order valence-corrected chi connectivity index (χ4v) is 2.87. The van der Waals surface area contributed by atoms with E-state index >= 15 is 0 Å². The van der Waals surface area contributed by atoms with Crippen molar-refractivity contribution in [3.8, 4) is 0 Å². The highest BCUT2D eigenvalue weighted by Crippen LogP contribution is 2.24. The van der Waals surface area contributed by atoms with Crippen molar-refractivity contribution in [1.29, 1.82) is 0 Å². The number of aliphatic hydroxyl groups excluding tert-OH is 1. The Morgan fingerprint density at radius 3 is 2.57 bits per heavy atom. The van der Waals surface area contributed by atoms with E-state index in [4.69, 9.17) is 0 Å². The molecule has 0 spiro atoms. The summed E-state index contributed by atoms with van der Waals surface area (Å²) in [5, 5.41) is 19.2. The Bertz CT molecular complexity index is 751. The molecule has 6 heteroatoms. The van der Waals surface area contributed by atoms with Crippen molar-refractivity contribution in [1.82, 2.24) is 4.57 Å². The number of aromatic carboxylic acids is 1. The lowest BCUT2D eigenvalue weighted by Gasteiger charge is -2.24. The minimum atomic E-state index is -1.25. The Labute approximate surface area is 135 Å². The van der Waals surface area contributed by atoms with Crippen molar-refractivity contribution >= 4 is 39.5 Å². The summed E-state index contributed by atoms with van der Waals surface area (Å²) in [5.41, 5.74) is -0.130. The third-order valence-electron chi connectivity index (χ3n) is 3.54. The Morgan fingerprint density at radius 2 is 2.05 bits per heavy atom. The number of carboxylic acid groups (broad SMARTS) is 1. The molecule has 2 rings (SSSR count). The number of aliphatic hydroxyl groups is 1. The molecular formula is C15H16INO4. The highest BCUT2D eigenvalue weighted by Gasteiger charge is 2.20. The molecule has 1 aromatic carbocycles. The van der Waals surface area contributed by atoms with Gasteiger partial charge in [0, 0.05) is 15.2 Å². The third kappa shape index (κ3) is 2.96. The molecule has 0 fully saturated rings. The summed E-state index contributed by atoms with van der Waals surface area (Å²) in [6.07, 6.45) is 1.33. The van der Waals surface area contributed by atoms with Gasteiger partial charge in [0.1, 0.15) is 5.56 Å². The number of nitrogens with zero attached hydrogens (tertiary/aromatic N) is 1. The van der Waals surface area contributed by atoms with Crippen molar-refractivity contribution in [2.75, 3.05) is 6.61 Å². The van der Waals surface area contributed by atoms with Crippen LogP contribution in [0.4, 0.5) is 0 Å². The average Bonchev–Trinajstić information content (AvgIpc) is 2.41. The van der Waals surface area contributed by atoms with Gasteiger partial charge in [-0.05, 0) is 46.7 Å². The highest BCUT2D eigenvalue weighted by molar-refractivity contribution is 14.1. The molecule has 1 heterocycles. The quantitative estimate of drug-likeness (QED) is 0.772. The van der Waals surface area contributed by atoms with Gasteiger partial charge in [-0.2, -0.15) is 0 Å². The van der Waals surface area contributed by atoms with Crippen molar-refractivity contribution in [2.24, 2.45) is 5.92 Å². The summed E-state index contributed by atoms with van der Waals surface area (Å²) < 4.78 is 2.55. The van der Waals surface area contributed by atoms with Gasteiger partial charge < -0.3 is 14.8 Å². The molecule has 1 aromatic heterocycles. The average molecular weight is 401 g/mol. The monoisotopic (exact) mass is 401 g/mol. The molecule has 2 aromatic rings. The molecule has 0 aliphatic rings. The molecule has 1 atom stereocenters. The number of carboxylic acids is 1. The number of fused-ring (bicyclic) bond motifs is 1. The zero-order valence-electron chi connectivity index (χ0n) is 11.7. The van der Waals surface area contributed by atoms with E-state index in [1.54, 1.807) is 16.7 Å². The van der Waals surface area contributed by atoms with E-state index in [2.05, 4.69) is 22.6 Å². The number of aromatic nitrogens is 1. The van der Waals surface area contributed by atoms with Crippen LogP contribution in [0.1, 0.15) is 30.2 Å². The molecule has 0 amide bonds. The van der Waals surface area contributed by atoms with Crippen LogP contribution in [0.3, 0.4) is 0 Å². The molecule has 21 heavy (non-hydrogen) atoms. The first-order valence-corrected chi connectivity index (χ1v) is 7.63. The van der Waals surface area contributed by atoms with Gasteiger partial charge in [0.15, 0.2) is 0 Å². The third-order valence-corrected chi connectivity index (χ3v) is 4.21. The number of halogens is 1. The second-order valence-corrected chi connectivity index (χ2v) is 6.49. The number of pyridine rings is 1. The van der Waals surface area contributed by atoms with E-state index in [0.29, 0.717) is 10.9 Å². The smallest absolute Gasteiger partial charge is 0.341 e. The molecule has 0 aliphatic carbocycles. The van der Waals surface area contributed by atoms with E-state index in [9.17, 15) is 19.8 Å². The van der Waals surface area contributed by atoms with Gasteiger partial charge in [-0.15, -0.1) is 0 Å². The first kappa shape index (κ1) is 16.0. The van der Waals surface area contributed by atoms with Crippen LogP contribution in [-0.4, -0.2) is 27.4 Å². The van der Waals surface area contributed by atoms with Gasteiger partial charge in [-0.3, -0.25) is 4.79 Å². The Hall–Kier alpha value is -1.41. The summed E-state index contributed by atoms with van der Waals surface area (Å²) in [5.74, 6) is -1.16. The Morgan fingerprint density at radius 1 is 1.38 bits per heavy atom. The molecule has 0 bridgehead atoms. The number of benzene rings is 1. The van der Waals surface area contributed by atoms with Gasteiger partial charge >= 0.3 is 5.97 Å². The number of rotatable bonds is 4. The normalized spacial score (nSPS) is 12.8. The van der Waals surface area contributed by atoms with Crippen LogP contribution in [0.2, 0.25) is 0 Å². The predicted octanol–water partition coefficient (Wildman–Crippen LogP) is 2.49. The van der Waals surface area contributed by atoms with E-state index in [1.165, 1.54) is 6.20 Å². The van der Waals surface area contributed by atoms with Crippen LogP contribution in [0, 0.1) is 9.49 Å². The van der Waals surface area contributed by atoms with Gasteiger partial charge in [-0.1, -0.05) is 13.8 Å². The summed E-state index contributed by atoms with van der Waals surface area (Å²) in [6, 6.07) is 5.03. The maximum absolute atomic E-state index is 12.3. The first-order valence-electron chi connectivity index (χ1n) is 6.55. The molecule has 0 saturated carbocycles. The minimum Gasteiger partial charge on any atom is -0.477 e. The van der Waals surface area contributed by atoms with Gasteiger partial charge in [0.25, 0.3) is 0 Å². The summed E-state index contributed by atoms with van der Waals surface area (Å²) in [4.78, 5) is 23.6. The predicted molar refractivity (Wildman–Crippen MR) is 88.8 cm³/mol. The summed E-state index contributed by atoms with van der Waals surface area (Å²) in [6.45, 7) is 3.76.